The fourth-order valence-corrected chi connectivity index (χ4v) is 1.95. The van der Waals surface area contributed by atoms with Gasteiger partial charge in [0.1, 0.15) is 12.4 Å². The van der Waals surface area contributed by atoms with Gasteiger partial charge in [-0.25, -0.2) is 0 Å². The van der Waals surface area contributed by atoms with E-state index in [4.69, 9.17) is 10.5 Å². The van der Waals surface area contributed by atoms with Crippen LogP contribution in [0.3, 0.4) is 0 Å². The standard InChI is InChI=1S/C16H24N4O/c1-12(2)20-11-14(10-18-20)13-5-6-15(17)16(9-13)21-8-7-19(3)4/h5-6,9-12H,7-8,17H2,1-4H3. The van der Waals surface area contributed by atoms with Gasteiger partial charge in [0.05, 0.1) is 11.9 Å². The number of nitrogens with two attached hydrogens (primary N) is 1. The van der Waals surface area contributed by atoms with Crippen LogP contribution in [-0.2, 0) is 0 Å². The Morgan fingerprint density at radius 1 is 1.29 bits per heavy atom. The highest BCUT2D eigenvalue weighted by atomic mass is 16.5. The zero-order valence-corrected chi connectivity index (χ0v) is 13.2. The maximum absolute atomic E-state index is 5.98. The molecule has 0 spiro atoms. The third-order valence-electron chi connectivity index (χ3n) is 3.27. The van der Waals surface area contributed by atoms with E-state index in [0.717, 1.165) is 23.4 Å². The summed E-state index contributed by atoms with van der Waals surface area (Å²) in [6, 6.07) is 6.21. The Hall–Kier alpha value is -2.01. The molecule has 0 bridgehead atoms. The number of ether oxygens (including phenoxy) is 1. The number of hydrogen-bond acceptors (Lipinski definition) is 4. The molecule has 21 heavy (non-hydrogen) atoms. The number of nitrogen functional groups attached to an aromatic ring is 1. The molecule has 0 atom stereocenters. The summed E-state index contributed by atoms with van der Waals surface area (Å²) < 4.78 is 7.71. The molecule has 2 aromatic rings. The lowest BCUT2D eigenvalue weighted by atomic mass is 10.1. The molecule has 0 aliphatic carbocycles. The average Bonchev–Trinajstić information content (AvgIpc) is 2.90. The summed E-state index contributed by atoms with van der Waals surface area (Å²) in [7, 11) is 4.03. The molecule has 0 saturated heterocycles. The second kappa shape index (κ2) is 6.63. The van der Waals surface area contributed by atoms with Crippen molar-refractivity contribution in [2.75, 3.05) is 33.0 Å². The Balaban J connectivity index is 2.16. The van der Waals surface area contributed by atoms with Gasteiger partial charge in [0, 0.05) is 24.3 Å². The zero-order valence-electron chi connectivity index (χ0n) is 13.2. The van der Waals surface area contributed by atoms with Gasteiger partial charge in [-0.2, -0.15) is 5.10 Å². The number of nitrogens with zero attached hydrogens (tertiary/aromatic N) is 3. The third kappa shape index (κ3) is 3.98. The summed E-state index contributed by atoms with van der Waals surface area (Å²) in [5.41, 5.74) is 8.78. The summed E-state index contributed by atoms with van der Waals surface area (Å²) in [5.74, 6) is 0.728. The molecule has 2 rings (SSSR count). The van der Waals surface area contributed by atoms with Crippen molar-refractivity contribution in [3.8, 4) is 16.9 Å². The SMILES string of the molecule is CC(C)n1cc(-c2ccc(N)c(OCCN(C)C)c2)cn1. The van der Waals surface area contributed by atoms with E-state index in [2.05, 4.69) is 23.8 Å². The van der Waals surface area contributed by atoms with E-state index >= 15 is 0 Å². The second-order valence-electron chi connectivity index (χ2n) is 5.71. The van der Waals surface area contributed by atoms with Crippen LogP contribution >= 0.6 is 0 Å². The van der Waals surface area contributed by atoms with E-state index < -0.39 is 0 Å². The Morgan fingerprint density at radius 3 is 2.67 bits per heavy atom. The van der Waals surface area contributed by atoms with Crippen LogP contribution in [0.15, 0.2) is 30.6 Å². The maximum Gasteiger partial charge on any atom is 0.142 e. The summed E-state index contributed by atoms with van der Waals surface area (Å²) in [5, 5.41) is 4.37. The smallest absolute Gasteiger partial charge is 0.142 e. The first-order chi connectivity index (χ1) is 9.97. The van der Waals surface area contributed by atoms with Crippen molar-refractivity contribution >= 4 is 5.69 Å². The molecule has 1 aromatic heterocycles. The van der Waals surface area contributed by atoms with Crippen molar-refractivity contribution in [1.29, 1.82) is 0 Å². The molecular formula is C16H24N4O. The fourth-order valence-electron chi connectivity index (χ4n) is 1.95. The van der Waals surface area contributed by atoms with E-state index in [1.807, 2.05) is 49.4 Å². The van der Waals surface area contributed by atoms with E-state index in [1.165, 1.54) is 0 Å². The number of aromatic nitrogens is 2. The number of likely N-dealkylation sites (N-methyl/N-ethyl adjacent to an activating group) is 1. The molecule has 0 aliphatic heterocycles. The van der Waals surface area contributed by atoms with E-state index in [1.54, 1.807) is 0 Å². The molecule has 0 unspecified atom stereocenters. The van der Waals surface area contributed by atoms with E-state index in [9.17, 15) is 0 Å². The van der Waals surface area contributed by atoms with Crippen molar-refractivity contribution in [3.05, 3.63) is 30.6 Å². The van der Waals surface area contributed by atoms with Crippen molar-refractivity contribution in [3.63, 3.8) is 0 Å². The molecule has 1 aromatic carbocycles. The van der Waals surface area contributed by atoms with Crippen LogP contribution in [0.25, 0.3) is 11.1 Å². The Bertz CT molecular complexity index is 590. The van der Waals surface area contributed by atoms with Gasteiger partial charge in [-0.3, -0.25) is 4.68 Å². The molecule has 0 saturated carbocycles. The molecule has 2 N–H and O–H groups in total. The van der Waals surface area contributed by atoms with E-state index in [-0.39, 0.29) is 0 Å². The fraction of sp³-hybridized carbons (Fsp3) is 0.438. The van der Waals surface area contributed by atoms with Crippen molar-refractivity contribution in [1.82, 2.24) is 14.7 Å². The summed E-state index contributed by atoms with van der Waals surface area (Å²) in [4.78, 5) is 2.08. The highest BCUT2D eigenvalue weighted by Gasteiger charge is 2.08. The first-order valence-corrected chi connectivity index (χ1v) is 7.19. The number of rotatable bonds is 6. The normalized spacial score (nSPS) is 11.3. The Kier molecular flexibility index (Phi) is 4.85. The number of hydrogen-bond donors (Lipinski definition) is 1. The van der Waals surface area contributed by atoms with E-state index in [0.29, 0.717) is 18.3 Å². The van der Waals surface area contributed by atoms with Crippen LogP contribution < -0.4 is 10.5 Å². The maximum atomic E-state index is 5.98. The van der Waals surface area contributed by atoms with Crippen LogP contribution in [0.2, 0.25) is 0 Å². The minimum Gasteiger partial charge on any atom is -0.490 e. The lowest BCUT2D eigenvalue weighted by molar-refractivity contribution is 0.262. The van der Waals surface area contributed by atoms with Gasteiger partial charge in [0.15, 0.2) is 0 Å². The molecule has 114 valence electrons. The minimum atomic E-state index is 0.350. The van der Waals surface area contributed by atoms with Crippen molar-refractivity contribution in [2.45, 2.75) is 19.9 Å². The average molecular weight is 288 g/mol. The number of benzene rings is 1. The van der Waals surface area contributed by atoms with Crippen LogP contribution in [-0.4, -0.2) is 41.9 Å². The topological polar surface area (TPSA) is 56.3 Å². The van der Waals surface area contributed by atoms with Crippen LogP contribution in [0.1, 0.15) is 19.9 Å². The zero-order chi connectivity index (χ0) is 15.4. The lowest BCUT2D eigenvalue weighted by Crippen LogP contribution is -2.19. The summed E-state index contributed by atoms with van der Waals surface area (Å²) in [6.07, 6.45) is 3.91. The predicted octanol–water partition coefficient (Wildman–Crippen LogP) is 2.65. The second-order valence-corrected chi connectivity index (χ2v) is 5.71. The number of anilines is 1. The largest absolute Gasteiger partial charge is 0.490 e. The molecule has 0 aliphatic rings. The van der Waals surface area contributed by atoms with Crippen LogP contribution in [0.4, 0.5) is 5.69 Å². The molecule has 0 radical (unpaired) electrons. The first kappa shape index (κ1) is 15.4. The predicted molar refractivity (Wildman–Crippen MR) is 86.5 cm³/mol. The molecule has 1 heterocycles. The van der Waals surface area contributed by atoms with Gasteiger partial charge in [0.2, 0.25) is 0 Å². The third-order valence-corrected chi connectivity index (χ3v) is 3.27. The van der Waals surface area contributed by atoms with Gasteiger partial charge in [-0.1, -0.05) is 6.07 Å². The summed E-state index contributed by atoms with van der Waals surface area (Å²) >= 11 is 0. The lowest BCUT2D eigenvalue weighted by Gasteiger charge is -2.13. The molecule has 5 heteroatoms. The molecule has 5 nitrogen and oxygen atoms in total. The van der Waals surface area contributed by atoms with Crippen molar-refractivity contribution in [2.24, 2.45) is 0 Å². The van der Waals surface area contributed by atoms with Crippen LogP contribution in [0, 0.1) is 0 Å². The Labute approximate surface area is 126 Å². The van der Waals surface area contributed by atoms with Crippen molar-refractivity contribution < 1.29 is 4.74 Å². The summed E-state index contributed by atoms with van der Waals surface area (Å²) in [6.45, 7) is 5.69. The van der Waals surface area contributed by atoms with Crippen LogP contribution in [0.5, 0.6) is 5.75 Å². The monoisotopic (exact) mass is 288 g/mol. The molecule has 0 amide bonds. The highest BCUT2D eigenvalue weighted by Crippen LogP contribution is 2.29. The van der Waals surface area contributed by atoms with Gasteiger partial charge in [-0.05, 0) is 45.6 Å². The van der Waals surface area contributed by atoms with Gasteiger partial charge in [-0.15, -0.1) is 0 Å². The quantitative estimate of drug-likeness (QED) is 0.830. The highest BCUT2D eigenvalue weighted by molar-refractivity contribution is 5.68. The molecular weight excluding hydrogens is 264 g/mol. The molecule has 0 fully saturated rings. The van der Waals surface area contributed by atoms with Gasteiger partial charge in [0.25, 0.3) is 0 Å². The Morgan fingerprint density at radius 2 is 2.05 bits per heavy atom. The first-order valence-electron chi connectivity index (χ1n) is 7.19. The minimum absolute atomic E-state index is 0.350. The van der Waals surface area contributed by atoms with Gasteiger partial charge < -0.3 is 15.4 Å². The van der Waals surface area contributed by atoms with Gasteiger partial charge >= 0.3 is 0 Å².